The van der Waals surface area contributed by atoms with Crippen LogP contribution in [0.1, 0.15) is 32.4 Å². The summed E-state index contributed by atoms with van der Waals surface area (Å²) >= 11 is 0. The third-order valence-corrected chi connectivity index (χ3v) is 3.28. The van der Waals surface area contributed by atoms with E-state index in [2.05, 4.69) is 10.1 Å². The number of hydrogen-bond donors (Lipinski definition) is 0. The first-order valence-electron chi connectivity index (χ1n) is 7.12. The quantitative estimate of drug-likeness (QED) is 0.742. The smallest absolute Gasteiger partial charge is 0.437 e. The van der Waals surface area contributed by atoms with Gasteiger partial charge in [0.15, 0.2) is 0 Å². The Kier molecular flexibility index (Phi) is 3.63. The molecule has 0 N–H and O–H groups in total. The van der Waals surface area contributed by atoms with Crippen LogP contribution in [-0.2, 0) is 12.0 Å². The molecule has 0 saturated carbocycles. The van der Waals surface area contributed by atoms with Crippen molar-refractivity contribution in [2.45, 2.75) is 32.7 Å². The molecule has 0 fully saturated rings. The number of benzene rings is 1. The Hall–Kier alpha value is -2.70. The number of oxazole rings is 1. The fraction of sp³-hybridized carbons (Fsp3) is 0.312. The number of hydrogen-bond acceptors (Lipinski definition) is 5. The van der Waals surface area contributed by atoms with Crippen LogP contribution in [0.3, 0.4) is 0 Å². The van der Waals surface area contributed by atoms with Crippen LogP contribution in [0.4, 0.5) is 4.39 Å². The van der Waals surface area contributed by atoms with E-state index in [1.807, 2.05) is 20.8 Å². The zero-order valence-electron chi connectivity index (χ0n) is 13.0. The molecule has 0 aliphatic rings. The first-order valence-corrected chi connectivity index (χ1v) is 7.12. The summed E-state index contributed by atoms with van der Waals surface area (Å²) in [5, 5.41) is 4.09. The van der Waals surface area contributed by atoms with Gasteiger partial charge in [-0.15, -0.1) is 5.10 Å². The summed E-state index contributed by atoms with van der Waals surface area (Å²) in [6.07, 6.45) is 1.64. The van der Waals surface area contributed by atoms with E-state index in [1.165, 1.54) is 24.3 Å². The molecule has 2 aromatic heterocycles. The van der Waals surface area contributed by atoms with Crippen LogP contribution in [0.5, 0.6) is 0 Å². The Bertz CT molecular complexity index is 869. The Morgan fingerprint density at radius 3 is 2.48 bits per heavy atom. The summed E-state index contributed by atoms with van der Waals surface area (Å²) in [6.45, 7) is 6.09. The van der Waals surface area contributed by atoms with E-state index in [9.17, 15) is 9.18 Å². The standard InChI is InChI=1S/C16H16FN3O3/c1-16(2,3)12-8-18-13(22-12)9-20-15(21)23-14(19-20)10-4-6-11(17)7-5-10/h4-8H,9H2,1-3H3. The summed E-state index contributed by atoms with van der Waals surface area (Å²) in [7, 11) is 0. The van der Waals surface area contributed by atoms with Crippen LogP contribution in [-0.4, -0.2) is 14.8 Å². The SMILES string of the molecule is CC(C)(C)c1cnc(Cn2nc(-c3ccc(F)cc3)oc2=O)o1. The average molecular weight is 317 g/mol. The predicted octanol–water partition coefficient (Wildman–Crippen LogP) is 2.98. The topological polar surface area (TPSA) is 74.1 Å². The normalized spacial score (nSPS) is 11.8. The van der Waals surface area contributed by atoms with E-state index in [1.54, 1.807) is 6.20 Å². The maximum atomic E-state index is 12.9. The number of rotatable bonds is 3. The highest BCUT2D eigenvalue weighted by Crippen LogP contribution is 2.23. The first kappa shape index (κ1) is 15.2. The molecule has 0 atom stereocenters. The summed E-state index contributed by atoms with van der Waals surface area (Å²) in [4.78, 5) is 16.0. The lowest BCUT2D eigenvalue weighted by molar-refractivity contribution is 0.367. The molecule has 0 saturated heterocycles. The van der Waals surface area contributed by atoms with E-state index in [0.717, 1.165) is 10.4 Å². The summed E-state index contributed by atoms with van der Waals surface area (Å²) in [5.41, 5.74) is 0.351. The Balaban J connectivity index is 1.86. The molecule has 3 aromatic rings. The summed E-state index contributed by atoms with van der Waals surface area (Å²) < 4.78 is 24.8. The summed E-state index contributed by atoms with van der Waals surface area (Å²) in [5.74, 6) is 0.223. The van der Waals surface area contributed by atoms with Gasteiger partial charge in [-0.2, -0.15) is 4.68 Å². The Morgan fingerprint density at radius 2 is 1.87 bits per heavy atom. The lowest BCUT2D eigenvalue weighted by Gasteiger charge is -2.12. The van der Waals surface area contributed by atoms with Crippen LogP contribution in [0.25, 0.3) is 11.5 Å². The van der Waals surface area contributed by atoms with Crippen LogP contribution in [0, 0.1) is 5.82 Å². The van der Waals surface area contributed by atoms with Gasteiger partial charge in [0.25, 0.3) is 0 Å². The van der Waals surface area contributed by atoms with Gasteiger partial charge < -0.3 is 8.83 Å². The lowest BCUT2D eigenvalue weighted by atomic mass is 9.94. The number of nitrogens with zero attached hydrogens (tertiary/aromatic N) is 3. The molecule has 3 rings (SSSR count). The molecule has 0 bridgehead atoms. The first-order chi connectivity index (χ1) is 10.8. The van der Waals surface area contributed by atoms with Crippen molar-refractivity contribution in [3.05, 3.63) is 58.5 Å². The van der Waals surface area contributed by atoms with Crippen molar-refractivity contribution in [3.8, 4) is 11.5 Å². The van der Waals surface area contributed by atoms with E-state index in [4.69, 9.17) is 8.83 Å². The average Bonchev–Trinajstić information content (AvgIpc) is 3.08. The maximum absolute atomic E-state index is 12.9. The lowest BCUT2D eigenvalue weighted by Crippen LogP contribution is -2.16. The molecule has 120 valence electrons. The molecule has 1 aromatic carbocycles. The van der Waals surface area contributed by atoms with Crippen molar-refractivity contribution in [2.24, 2.45) is 0 Å². The van der Waals surface area contributed by atoms with E-state index < -0.39 is 5.76 Å². The third kappa shape index (κ3) is 3.23. The highest BCUT2D eigenvalue weighted by Gasteiger charge is 2.20. The van der Waals surface area contributed by atoms with E-state index in [-0.39, 0.29) is 23.7 Å². The fourth-order valence-electron chi connectivity index (χ4n) is 1.97. The number of halogens is 1. The second kappa shape index (κ2) is 5.49. The Morgan fingerprint density at radius 1 is 1.17 bits per heavy atom. The van der Waals surface area contributed by atoms with Crippen LogP contribution < -0.4 is 5.76 Å². The van der Waals surface area contributed by atoms with Crippen molar-refractivity contribution in [1.29, 1.82) is 0 Å². The fourth-order valence-corrected chi connectivity index (χ4v) is 1.97. The van der Waals surface area contributed by atoms with Gasteiger partial charge in [0.05, 0.1) is 6.20 Å². The molecule has 7 heteroatoms. The van der Waals surface area contributed by atoms with Crippen molar-refractivity contribution >= 4 is 0 Å². The molecule has 0 amide bonds. The van der Waals surface area contributed by atoms with Gasteiger partial charge in [0, 0.05) is 11.0 Å². The van der Waals surface area contributed by atoms with E-state index >= 15 is 0 Å². The van der Waals surface area contributed by atoms with E-state index in [0.29, 0.717) is 11.5 Å². The van der Waals surface area contributed by atoms with Gasteiger partial charge in [-0.1, -0.05) is 20.8 Å². The zero-order chi connectivity index (χ0) is 16.6. The van der Waals surface area contributed by atoms with Gasteiger partial charge in [-0.05, 0) is 24.3 Å². The summed E-state index contributed by atoms with van der Waals surface area (Å²) in [6, 6.07) is 5.54. The molecule has 23 heavy (non-hydrogen) atoms. The molecule has 0 aliphatic carbocycles. The number of aromatic nitrogens is 3. The molecule has 2 heterocycles. The highest BCUT2D eigenvalue weighted by atomic mass is 19.1. The van der Waals surface area contributed by atoms with Crippen molar-refractivity contribution in [1.82, 2.24) is 14.8 Å². The van der Waals surface area contributed by atoms with Gasteiger partial charge in [0.2, 0.25) is 11.8 Å². The van der Waals surface area contributed by atoms with Gasteiger partial charge in [-0.25, -0.2) is 14.2 Å². The van der Waals surface area contributed by atoms with Crippen molar-refractivity contribution in [2.75, 3.05) is 0 Å². The molecule has 0 unspecified atom stereocenters. The molecular formula is C16H16FN3O3. The van der Waals surface area contributed by atoms with Crippen LogP contribution in [0.15, 0.2) is 44.1 Å². The van der Waals surface area contributed by atoms with Crippen molar-refractivity contribution < 1.29 is 13.2 Å². The minimum Gasteiger partial charge on any atom is -0.443 e. The molecule has 0 radical (unpaired) electrons. The van der Waals surface area contributed by atoms with Crippen molar-refractivity contribution in [3.63, 3.8) is 0 Å². The zero-order valence-corrected chi connectivity index (χ0v) is 13.0. The van der Waals surface area contributed by atoms with Gasteiger partial charge in [-0.3, -0.25) is 0 Å². The molecular weight excluding hydrogens is 301 g/mol. The minimum absolute atomic E-state index is 0.0691. The van der Waals surface area contributed by atoms with Crippen LogP contribution in [0.2, 0.25) is 0 Å². The Labute approximate surface area is 131 Å². The highest BCUT2D eigenvalue weighted by molar-refractivity contribution is 5.51. The molecule has 0 spiro atoms. The minimum atomic E-state index is -0.625. The maximum Gasteiger partial charge on any atom is 0.437 e. The third-order valence-electron chi connectivity index (χ3n) is 3.28. The monoisotopic (exact) mass is 317 g/mol. The van der Waals surface area contributed by atoms with Gasteiger partial charge in [0.1, 0.15) is 18.1 Å². The largest absolute Gasteiger partial charge is 0.443 e. The van der Waals surface area contributed by atoms with Crippen LogP contribution >= 0.6 is 0 Å². The second-order valence-corrected chi connectivity index (χ2v) is 6.21. The molecule has 0 aliphatic heterocycles. The van der Waals surface area contributed by atoms with Gasteiger partial charge >= 0.3 is 5.76 Å². The second-order valence-electron chi connectivity index (χ2n) is 6.21. The predicted molar refractivity (Wildman–Crippen MR) is 80.5 cm³/mol. The molecule has 6 nitrogen and oxygen atoms in total.